The topological polar surface area (TPSA) is 26.3 Å². The fourth-order valence-electron chi connectivity index (χ4n) is 1.77. The standard InChI is InChI=1S/C12H14O2S/c1-14-8-6-10-7-9-15(13)12-5-3-2-4-11(10)12/h2-6H,7-9H2,1H3/b10-6-. The van der Waals surface area contributed by atoms with Gasteiger partial charge in [0.05, 0.1) is 17.4 Å². The molecule has 1 atom stereocenters. The smallest absolute Gasteiger partial charge is 0.0649 e. The minimum absolute atomic E-state index is 0.621. The van der Waals surface area contributed by atoms with Gasteiger partial charge in [-0.2, -0.15) is 0 Å². The normalized spacial score (nSPS) is 22.7. The third-order valence-electron chi connectivity index (χ3n) is 2.53. The summed E-state index contributed by atoms with van der Waals surface area (Å²) in [4.78, 5) is 0.964. The predicted molar refractivity (Wildman–Crippen MR) is 62.2 cm³/mol. The van der Waals surface area contributed by atoms with Crippen molar-refractivity contribution in [2.45, 2.75) is 11.3 Å². The van der Waals surface area contributed by atoms with Crippen LogP contribution in [0.4, 0.5) is 0 Å². The number of rotatable bonds is 2. The van der Waals surface area contributed by atoms with E-state index >= 15 is 0 Å². The number of hydrogen-bond donors (Lipinski definition) is 0. The van der Waals surface area contributed by atoms with Crippen molar-refractivity contribution in [1.29, 1.82) is 0 Å². The lowest BCUT2D eigenvalue weighted by atomic mass is 10.0. The molecule has 1 aromatic carbocycles. The number of hydrogen-bond acceptors (Lipinski definition) is 2. The number of benzene rings is 1. The van der Waals surface area contributed by atoms with E-state index in [1.165, 1.54) is 5.57 Å². The van der Waals surface area contributed by atoms with Gasteiger partial charge in [0.2, 0.25) is 0 Å². The Morgan fingerprint density at radius 1 is 1.47 bits per heavy atom. The molecule has 0 amide bonds. The lowest BCUT2D eigenvalue weighted by Gasteiger charge is -2.18. The van der Waals surface area contributed by atoms with Crippen LogP contribution >= 0.6 is 0 Å². The zero-order valence-corrected chi connectivity index (χ0v) is 9.55. The number of methoxy groups -OCH3 is 1. The van der Waals surface area contributed by atoms with Crippen LogP contribution in [0.25, 0.3) is 5.57 Å². The quantitative estimate of drug-likeness (QED) is 0.767. The zero-order valence-electron chi connectivity index (χ0n) is 8.73. The van der Waals surface area contributed by atoms with Crippen LogP contribution in [0.3, 0.4) is 0 Å². The van der Waals surface area contributed by atoms with E-state index in [4.69, 9.17) is 4.74 Å². The van der Waals surface area contributed by atoms with E-state index in [0.717, 1.165) is 22.6 Å². The lowest BCUT2D eigenvalue weighted by molar-refractivity contribution is 0.234. The van der Waals surface area contributed by atoms with E-state index in [0.29, 0.717) is 6.61 Å². The van der Waals surface area contributed by atoms with Crippen molar-refractivity contribution in [2.24, 2.45) is 0 Å². The second-order valence-electron chi connectivity index (χ2n) is 3.48. The van der Waals surface area contributed by atoms with Gasteiger partial charge in [-0.1, -0.05) is 24.3 Å². The average Bonchev–Trinajstić information content (AvgIpc) is 2.29. The van der Waals surface area contributed by atoms with Crippen molar-refractivity contribution in [2.75, 3.05) is 19.5 Å². The Morgan fingerprint density at radius 3 is 3.07 bits per heavy atom. The summed E-state index contributed by atoms with van der Waals surface area (Å²) in [6.45, 7) is 0.621. The van der Waals surface area contributed by atoms with Crippen LogP contribution in [0.2, 0.25) is 0 Å². The molecule has 0 radical (unpaired) electrons. The van der Waals surface area contributed by atoms with Gasteiger partial charge in [0.15, 0.2) is 0 Å². The molecule has 15 heavy (non-hydrogen) atoms. The molecule has 3 heteroatoms. The van der Waals surface area contributed by atoms with Crippen LogP contribution in [0.1, 0.15) is 12.0 Å². The largest absolute Gasteiger partial charge is 0.381 e. The van der Waals surface area contributed by atoms with Crippen LogP contribution in [-0.4, -0.2) is 23.7 Å². The highest BCUT2D eigenvalue weighted by molar-refractivity contribution is 7.85. The second kappa shape index (κ2) is 4.73. The molecule has 0 bridgehead atoms. The first-order valence-electron chi connectivity index (χ1n) is 4.98. The molecule has 0 aliphatic carbocycles. The second-order valence-corrected chi connectivity index (χ2v) is 5.02. The third kappa shape index (κ3) is 2.19. The Balaban J connectivity index is 2.40. The highest BCUT2D eigenvalue weighted by Crippen LogP contribution is 2.30. The monoisotopic (exact) mass is 222 g/mol. The summed E-state index contributed by atoms with van der Waals surface area (Å²) in [7, 11) is 0.861. The van der Waals surface area contributed by atoms with E-state index in [2.05, 4.69) is 6.08 Å². The van der Waals surface area contributed by atoms with Gasteiger partial charge < -0.3 is 4.74 Å². The van der Waals surface area contributed by atoms with Crippen molar-refractivity contribution < 1.29 is 8.95 Å². The Labute approximate surface area is 92.4 Å². The Bertz CT molecular complexity index is 410. The van der Waals surface area contributed by atoms with Gasteiger partial charge in [0, 0.05) is 17.8 Å². The summed E-state index contributed by atoms with van der Waals surface area (Å²) in [5.41, 5.74) is 2.38. The maximum atomic E-state index is 11.8. The summed E-state index contributed by atoms with van der Waals surface area (Å²) in [6.07, 6.45) is 2.96. The lowest BCUT2D eigenvalue weighted by Crippen LogP contribution is -2.09. The van der Waals surface area contributed by atoms with Crippen molar-refractivity contribution in [3.8, 4) is 0 Å². The van der Waals surface area contributed by atoms with Gasteiger partial charge in [-0.05, 0) is 23.6 Å². The molecule has 0 N–H and O–H groups in total. The predicted octanol–water partition coefficient (Wildman–Crippen LogP) is 2.23. The molecular formula is C12H14O2S. The Morgan fingerprint density at radius 2 is 2.27 bits per heavy atom. The maximum Gasteiger partial charge on any atom is 0.0649 e. The molecule has 0 fully saturated rings. The first-order chi connectivity index (χ1) is 7.33. The van der Waals surface area contributed by atoms with Gasteiger partial charge >= 0.3 is 0 Å². The van der Waals surface area contributed by atoms with Gasteiger partial charge in [-0.15, -0.1) is 0 Å². The van der Waals surface area contributed by atoms with Crippen molar-refractivity contribution >= 4 is 16.4 Å². The highest BCUT2D eigenvalue weighted by Gasteiger charge is 2.18. The molecule has 1 heterocycles. The Kier molecular flexibility index (Phi) is 3.34. The molecule has 1 aromatic rings. The maximum absolute atomic E-state index is 11.8. The van der Waals surface area contributed by atoms with E-state index in [1.54, 1.807) is 7.11 Å². The molecular weight excluding hydrogens is 208 g/mol. The number of fused-ring (bicyclic) bond motifs is 1. The van der Waals surface area contributed by atoms with Gasteiger partial charge in [-0.25, -0.2) is 0 Å². The average molecular weight is 222 g/mol. The molecule has 0 spiro atoms. The molecule has 0 aromatic heterocycles. The van der Waals surface area contributed by atoms with Crippen molar-refractivity contribution in [3.05, 3.63) is 35.9 Å². The summed E-state index contributed by atoms with van der Waals surface area (Å²) in [5.74, 6) is 0.729. The van der Waals surface area contributed by atoms with Crippen LogP contribution in [-0.2, 0) is 15.5 Å². The van der Waals surface area contributed by atoms with E-state index in [1.807, 2.05) is 24.3 Å². The van der Waals surface area contributed by atoms with Gasteiger partial charge in [0.25, 0.3) is 0 Å². The van der Waals surface area contributed by atoms with Crippen LogP contribution in [0.15, 0.2) is 35.2 Å². The fourth-order valence-corrected chi connectivity index (χ4v) is 3.07. The molecule has 0 saturated carbocycles. The highest BCUT2D eigenvalue weighted by atomic mass is 32.2. The van der Waals surface area contributed by atoms with Crippen LogP contribution in [0, 0.1) is 0 Å². The molecule has 1 aliphatic rings. The van der Waals surface area contributed by atoms with Gasteiger partial charge in [0.1, 0.15) is 0 Å². The molecule has 0 saturated heterocycles. The molecule has 80 valence electrons. The minimum atomic E-state index is -0.823. The molecule has 1 aliphatic heterocycles. The van der Waals surface area contributed by atoms with E-state index in [9.17, 15) is 4.21 Å². The third-order valence-corrected chi connectivity index (χ3v) is 3.95. The number of ether oxygens (including phenoxy) is 1. The molecule has 2 nitrogen and oxygen atoms in total. The first-order valence-corrected chi connectivity index (χ1v) is 6.30. The van der Waals surface area contributed by atoms with Gasteiger partial charge in [-0.3, -0.25) is 4.21 Å². The van der Waals surface area contributed by atoms with Crippen molar-refractivity contribution in [1.82, 2.24) is 0 Å². The van der Waals surface area contributed by atoms with Crippen molar-refractivity contribution in [3.63, 3.8) is 0 Å². The summed E-state index contributed by atoms with van der Waals surface area (Å²) >= 11 is 0. The van der Waals surface area contributed by atoms with Crippen LogP contribution < -0.4 is 0 Å². The Hall–Kier alpha value is -0.930. The summed E-state index contributed by atoms with van der Waals surface area (Å²) in [6, 6.07) is 7.91. The zero-order chi connectivity index (χ0) is 10.7. The van der Waals surface area contributed by atoms with Crippen LogP contribution in [0.5, 0.6) is 0 Å². The fraction of sp³-hybridized carbons (Fsp3) is 0.333. The summed E-state index contributed by atoms with van der Waals surface area (Å²) < 4.78 is 16.8. The summed E-state index contributed by atoms with van der Waals surface area (Å²) in [5, 5.41) is 0. The molecule has 1 unspecified atom stereocenters. The molecule has 2 rings (SSSR count). The SMILES string of the molecule is COC/C=C1/CCS(=O)c2ccccc21. The minimum Gasteiger partial charge on any atom is -0.381 e. The van der Waals surface area contributed by atoms with E-state index in [-0.39, 0.29) is 0 Å². The number of allylic oxidation sites excluding steroid dienone is 1. The van der Waals surface area contributed by atoms with E-state index < -0.39 is 10.8 Å². The first kappa shape index (κ1) is 10.6.